The van der Waals surface area contributed by atoms with Gasteiger partial charge in [0, 0.05) is 10.4 Å². The van der Waals surface area contributed by atoms with E-state index in [0.717, 1.165) is 20.5 Å². The summed E-state index contributed by atoms with van der Waals surface area (Å²) in [7, 11) is 0. The number of rotatable bonds is 1. The Balaban J connectivity index is 2.55. The Morgan fingerprint density at radius 1 is 1.14 bits per heavy atom. The molecule has 0 N–H and O–H groups in total. The molecule has 3 heteroatoms. The van der Waals surface area contributed by atoms with Gasteiger partial charge in [0.05, 0.1) is 4.34 Å². The lowest BCUT2D eigenvalue weighted by atomic mass is 10.0. The van der Waals surface area contributed by atoms with Crippen LogP contribution < -0.4 is 0 Å². The van der Waals surface area contributed by atoms with E-state index in [0.29, 0.717) is 0 Å². The lowest BCUT2D eigenvalue weighted by molar-refractivity contribution is 1.47. The van der Waals surface area contributed by atoms with Crippen LogP contribution in [0.25, 0.3) is 11.1 Å². The Morgan fingerprint density at radius 2 is 1.93 bits per heavy atom. The second kappa shape index (κ2) is 3.93. The molecule has 0 unspecified atom stereocenters. The van der Waals surface area contributed by atoms with Gasteiger partial charge >= 0.3 is 0 Å². The van der Waals surface area contributed by atoms with Crippen LogP contribution in [0.4, 0.5) is 0 Å². The van der Waals surface area contributed by atoms with Crippen molar-refractivity contribution in [3.8, 4) is 11.1 Å². The maximum absolute atomic E-state index is 5.94. The van der Waals surface area contributed by atoms with Gasteiger partial charge in [-0.2, -0.15) is 0 Å². The average molecular weight is 243 g/mol. The number of benzene rings is 1. The largest absolute Gasteiger partial charge is 0.131 e. The molecule has 1 aromatic heterocycles. The van der Waals surface area contributed by atoms with Gasteiger partial charge in [-0.1, -0.05) is 29.3 Å². The fourth-order valence-corrected chi connectivity index (χ4v) is 2.41. The van der Waals surface area contributed by atoms with Gasteiger partial charge in [0.2, 0.25) is 0 Å². The summed E-state index contributed by atoms with van der Waals surface area (Å²) in [5.74, 6) is 0. The molecule has 0 saturated heterocycles. The third-order valence-corrected chi connectivity index (χ3v) is 3.40. The minimum atomic E-state index is 0.757. The number of hydrogen-bond donors (Lipinski definition) is 0. The van der Waals surface area contributed by atoms with E-state index in [1.165, 1.54) is 16.9 Å². The summed E-state index contributed by atoms with van der Waals surface area (Å²) >= 11 is 13.4. The molecule has 1 aromatic carbocycles. The van der Waals surface area contributed by atoms with Crippen LogP contribution in [0.1, 0.15) is 5.56 Å². The summed E-state index contributed by atoms with van der Waals surface area (Å²) in [6.07, 6.45) is 0. The van der Waals surface area contributed by atoms with Gasteiger partial charge in [-0.05, 0) is 41.8 Å². The number of halogens is 2. The van der Waals surface area contributed by atoms with E-state index < -0.39 is 0 Å². The van der Waals surface area contributed by atoms with E-state index in [2.05, 4.69) is 6.92 Å². The predicted molar refractivity (Wildman–Crippen MR) is 64.5 cm³/mol. The zero-order chi connectivity index (χ0) is 10.1. The zero-order valence-corrected chi connectivity index (χ0v) is 9.88. The molecule has 0 fully saturated rings. The summed E-state index contributed by atoms with van der Waals surface area (Å²) in [6.45, 7) is 2.07. The average Bonchev–Trinajstić information content (AvgIpc) is 2.56. The SMILES string of the molecule is Cc1ccc(Cl)cc1-c1csc(Cl)c1. The van der Waals surface area contributed by atoms with E-state index in [9.17, 15) is 0 Å². The minimum absolute atomic E-state index is 0.757. The van der Waals surface area contributed by atoms with Gasteiger partial charge in [-0.15, -0.1) is 11.3 Å². The molecule has 2 rings (SSSR count). The molecule has 0 saturated carbocycles. The van der Waals surface area contributed by atoms with Crippen LogP contribution in [0, 0.1) is 6.92 Å². The smallest absolute Gasteiger partial charge is 0.0934 e. The number of thiophene rings is 1. The highest BCUT2D eigenvalue weighted by Gasteiger charge is 2.04. The van der Waals surface area contributed by atoms with Crippen LogP contribution in [0.2, 0.25) is 9.36 Å². The molecule has 0 bridgehead atoms. The highest BCUT2D eigenvalue weighted by molar-refractivity contribution is 7.14. The Bertz CT molecular complexity index is 460. The van der Waals surface area contributed by atoms with Crippen LogP contribution in [0.3, 0.4) is 0 Å². The third-order valence-electron chi connectivity index (χ3n) is 2.08. The Morgan fingerprint density at radius 3 is 2.57 bits per heavy atom. The van der Waals surface area contributed by atoms with Gasteiger partial charge < -0.3 is 0 Å². The molecule has 0 aliphatic carbocycles. The molecular formula is C11H8Cl2S. The monoisotopic (exact) mass is 242 g/mol. The van der Waals surface area contributed by atoms with Crippen molar-refractivity contribution in [3.63, 3.8) is 0 Å². The first kappa shape index (κ1) is 10.0. The normalized spacial score (nSPS) is 10.5. The molecule has 0 amide bonds. The van der Waals surface area contributed by atoms with Crippen molar-refractivity contribution in [2.24, 2.45) is 0 Å². The second-order valence-electron chi connectivity index (χ2n) is 3.10. The molecule has 0 radical (unpaired) electrons. The first-order valence-corrected chi connectivity index (χ1v) is 5.81. The maximum atomic E-state index is 5.94. The van der Waals surface area contributed by atoms with E-state index in [1.807, 2.05) is 29.6 Å². The summed E-state index contributed by atoms with van der Waals surface area (Å²) in [4.78, 5) is 0. The Kier molecular flexibility index (Phi) is 2.82. The highest BCUT2D eigenvalue weighted by Crippen LogP contribution is 2.32. The lowest BCUT2D eigenvalue weighted by Gasteiger charge is -2.03. The van der Waals surface area contributed by atoms with E-state index >= 15 is 0 Å². The Labute approximate surface area is 97.1 Å². The van der Waals surface area contributed by atoms with Crippen LogP contribution in [0.15, 0.2) is 29.6 Å². The molecule has 72 valence electrons. The fourth-order valence-electron chi connectivity index (χ4n) is 1.36. The summed E-state index contributed by atoms with van der Waals surface area (Å²) in [5, 5.41) is 2.80. The van der Waals surface area contributed by atoms with Gasteiger partial charge in [0.1, 0.15) is 0 Å². The summed E-state index contributed by atoms with van der Waals surface area (Å²) in [5.41, 5.74) is 3.50. The zero-order valence-electron chi connectivity index (χ0n) is 7.55. The van der Waals surface area contributed by atoms with Crippen LogP contribution in [-0.2, 0) is 0 Å². The van der Waals surface area contributed by atoms with Crippen molar-refractivity contribution in [1.82, 2.24) is 0 Å². The summed E-state index contributed by atoms with van der Waals surface area (Å²) < 4.78 is 0.805. The van der Waals surface area contributed by atoms with Crippen molar-refractivity contribution in [2.45, 2.75) is 6.92 Å². The molecule has 2 aromatic rings. The first-order chi connectivity index (χ1) is 6.66. The van der Waals surface area contributed by atoms with Crippen molar-refractivity contribution < 1.29 is 0 Å². The van der Waals surface area contributed by atoms with Crippen molar-refractivity contribution in [2.75, 3.05) is 0 Å². The molecule has 14 heavy (non-hydrogen) atoms. The van der Waals surface area contributed by atoms with E-state index in [4.69, 9.17) is 23.2 Å². The molecule has 0 atom stereocenters. The highest BCUT2D eigenvalue weighted by atomic mass is 35.5. The lowest BCUT2D eigenvalue weighted by Crippen LogP contribution is -1.80. The van der Waals surface area contributed by atoms with Crippen LogP contribution in [0.5, 0.6) is 0 Å². The summed E-state index contributed by atoms with van der Waals surface area (Å²) in [6, 6.07) is 7.84. The van der Waals surface area contributed by atoms with E-state index in [1.54, 1.807) is 0 Å². The third kappa shape index (κ3) is 1.95. The molecule has 0 aliphatic heterocycles. The van der Waals surface area contributed by atoms with Gasteiger partial charge in [0.15, 0.2) is 0 Å². The minimum Gasteiger partial charge on any atom is -0.131 e. The quantitative estimate of drug-likeness (QED) is 0.658. The second-order valence-corrected chi connectivity index (χ2v) is 5.08. The van der Waals surface area contributed by atoms with Gasteiger partial charge in [0.25, 0.3) is 0 Å². The van der Waals surface area contributed by atoms with Crippen LogP contribution in [-0.4, -0.2) is 0 Å². The number of aryl methyl sites for hydroxylation is 1. The standard InChI is InChI=1S/C11H8Cl2S/c1-7-2-3-9(12)5-10(7)8-4-11(13)14-6-8/h2-6H,1H3. The fraction of sp³-hybridized carbons (Fsp3) is 0.0909. The molecule has 1 heterocycles. The van der Waals surface area contributed by atoms with Gasteiger partial charge in [-0.3, -0.25) is 0 Å². The van der Waals surface area contributed by atoms with E-state index in [-0.39, 0.29) is 0 Å². The predicted octanol–water partition coefficient (Wildman–Crippen LogP) is 5.03. The topological polar surface area (TPSA) is 0 Å². The van der Waals surface area contributed by atoms with Crippen molar-refractivity contribution >= 4 is 34.5 Å². The number of hydrogen-bond acceptors (Lipinski definition) is 1. The molecule has 0 spiro atoms. The van der Waals surface area contributed by atoms with Crippen LogP contribution >= 0.6 is 34.5 Å². The van der Waals surface area contributed by atoms with Crippen molar-refractivity contribution in [1.29, 1.82) is 0 Å². The molecule has 0 aliphatic rings. The first-order valence-electron chi connectivity index (χ1n) is 4.17. The molecule has 0 nitrogen and oxygen atoms in total. The maximum Gasteiger partial charge on any atom is 0.0934 e. The van der Waals surface area contributed by atoms with Gasteiger partial charge in [-0.25, -0.2) is 0 Å². The molecular weight excluding hydrogens is 235 g/mol. The Hall–Kier alpha value is -0.500. The van der Waals surface area contributed by atoms with Crippen molar-refractivity contribution in [3.05, 3.63) is 44.6 Å².